The van der Waals surface area contributed by atoms with Gasteiger partial charge in [-0.05, 0) is 6.42 Å². The van der Waals surface area contributed by atoms with Gasteiger partial charge in [-0.1, -0.05) is 0 Å². The number of carbonyl (C=O) groups is 1. The minimum Gasteiger partial charge on any atom is -0.493 e. The predicted octanol–water partition coefficient (Wildman–Crippen LogP) is 1.98. The molecule has 0 radical (unpaired) electrons. The van der Waals surface area contributed by atoms with Gasteiger partial charge in [-0.3, -0.25) is 0 Å². The molecule has 1 rings (SSSR count). The third-order valence-electron chi connectivity index (χ3n) is 2.39. The second-order valence-electron chi connectivity index (χ2n) is 3.31. The molecule has 1 aromatic rings. The van der Waals surface area contributed by atoms with Crippen LogP contribution < -0.4 is 14.2 Å². The molecule has 94 valence electrons. The van der Waals surface area contributed by atoms with E-state index < -0.39 is 5.82 Å². The maximum atomic E-state index is 13.7. The highest BCUT2D eigenvalue weighted by Gasteiger charge is 2.20. The lowest BCUT2D eigenvalue weighted by atomic mass is 10.1. The molecule has 0 N–H and O–H groups in total. The van der Waals surface area contributed by atoms with Gasteiger partial charge in [0.2, 0.25) is 0 Å². The molecule has 0 fully saturated rings. The summed E-state index contributed by atoms with van der Waals surface area (Å²) < 4.78 is 28.9. The van der Waals surface area contributed by atoms with Crippen LogP contribution in [0.2, 0.25) is 0 Å². The van der Waals surface area contributed by atoms with Gasteiger partial charge in [-0.15, -0.1) is 0 Å². The highest BCUT2D eigenvalue weighted by atomic mass is 19.1. The summed E-state index contributed by atoms with van der Waals surface area (Å²) >= 11 is 0. The Morgan fingerprint density at radius 3 is 2.29 bits per heavy atom. The van der Waals surface area contributed by atoms with Gasteiger partial charge in [0.25, 0.3) is 0 Å². The van der Waals surface area contributed by atoms with E-state index in [0.717, 1.165) is 6.29 Å². The van der Waals surface area contributed by atoms with Crippen LogP contribution in [-0.4, -0.2) is 27.6 Å². The Morgan fingerprint density at radius 1 is 1.18 bits per heavy atom. The SMILES string of the molecule is COc1cc(F)c(OC)c(CCC=O)c1OC. The lowest BCUT2D eigenvalue weighted by Gasteiger charge is -2.16. The number of benzene rings is 1. The van der Waals surface area contributed by atoms with Crippen molar-refractivity contribution < 1.29 is 23.4 Å². The summed E-state index contributed by atoms with van der Waals surface area (Å²) in [6, 6.07) is 1.20. The van der Waals surface area contributed by atoms with Crippen LogP contribution in [-0.2, 0) is 11.2 Å². The highest BCUT2D eigenvalue weighted by molar-refractivity contribution is 5.57. The van der Waals surface area contributed by atoms with Crippen molar-refractivity contribution in [1.29, 1.82) is 0 Å². The number of hydrogen-bond acceptors (Lipinski definition) is 4. The number of methoxy groups -OCH3 is 3. The van der Waals surface area contributed by atoms with Crippen molar-refractivity contribution in [2.24, 2.45) is 0 Å². The number of hydrogen-bond donors (Lipinski definition) is 0. The number of halogens is 1. The Hall–Kier alpha value is -1.78. The van der Waals surface area contributed by atoms with E-state index >= 15 is 0 Å². The van der Waals surface area contributed by atoms with Crippen LogP contribution >= 0.6 is 0 Å². The maximum absolute atomic E-state index is 13.7. The highest BCUT2D eigenvalue weighted by Crippen LogP contribution is 2.40. The smallest absolute Gasteiger partial charge is 0.169 e. The molecule has 0 spiro atoms. The Bertz CT molecular complexity index is 404. The average molecular weight is 242 g/mol. The topological polar surface area (TPSA) is 44.8 Å². The van der Waals surface area contributed by atoms with Crippen molar-refractivity contribution in [2.45, 2.75) is 12.8 Å². The first-order chi connectivity index (χ1) is 8.19. The van der Waals surface area contributed by atoms with E-state index in [-0.39, 0.29) is 17.9 Å². The molecule has 0 heterocycles. The van der Waals surface area contributed by atoms with Crippen molar-refractivity contribution in [3.05, 3.63) is 17.4 Å². The molecule has 0 aromatic heterocycles. The lowest BCUT2D eigenvalue weighted by molar-refractivity contribution is -0.107. The Labute approximate surface area is 99.3 Å². The molecule has 0 saturated carbocycles. The summed E-state index contributed by atoms with van der Waals surface area (Å²) in [5.41, 5.74) is 0.499. The molecule has 0 aliphatic rings. The zero-order valence-corrected chi connectivity index (χ0v) is 10.1. The molecule has 0 bridgehead atoms. The van der Waals surface area contributed by atoms with Gasteiger partial charge in [0, 0.05) is 18.1 Å². The molecule has 0 aliphatic carbocycles. The van der Waals surface area contributed by atoms with Crippen molar-refractivity contribution in [2.75, 3.05) is 21.3 Å². The fourth-order valence-electron chi connectivity index (χ4n) is 1.67. The molecule has 0 saturated heterocycles. The van der Waals surface area contributed by atoms with E-state index in [4.69, 9.17) is 14.2 Å². The second kappa shape index (κ2) is 6.08. The van der Waals surface area contributed by atoms with Crippen LogP contribution in [0, 0.1) is 5.82 Å². The van der Waals surface area contributed by atoms with Crippen LogP contribution in [0.5, 0.6) is 17.2 Å². The predicted molar refractivity (Wildman–Crippen MR) is 60.4 cm³/mol. The molecule has 1 aromatic carbocycles. The number of carbonyl (C=O) groups excluding carboxylic acids is 1. The first kappa shape index (κ1) is 13.3. The standard InChI is InChI=1S/C12H15FO4/c1-15-10-7-9(13)11(16-2)8(5-4-6-14)12(10)17-3/h6-7H,4-5H2,1-3H3. The number of ether oxygens (including phenoxy) is 3. The first-order valence-electron chi connectivity index (χ1n) is 5.10. The normalized spacial score (nSPS) is 9.88. The van der Waals surface area contributed by atoms with Crippen molar-refractivity contribution >= 4 is 6.29 Å². The summed E-state index contributed by atoms with van der Waals surface area (Å²) in [4.78, 5) is 10.4. The molecule has 0 atom stereocenters. The zero-order chi connectivity index (χ0) is 12.8. The third-order valence-corrected chi connectivity index (χ3v) is 2.39. The average Bonchev–Trinajstić information content (AvgIpc) is 2.35. The van der Waals surface area contributed by atoms with Gasteiger partial charge in [0.1, 0.15) is 6.29 Å². The molecule has 4 nitrogen and oxygen atoms in total. The van der Waals surface area contributed by atoms with E-state index in [1.807, 2.05) is 0 Å². The van der Waals surface area contributed by atoms with Crippen LogP contribution in [0.4, 0.5) is 4.39 Å². The van der Waals surface area contributed by atoms with Gasteiger partial charge in [-0.2, -0.15) is 0 Å². The summed E-state index contributed by atoms with van der Waals surface area (Å²) in [6.45, 7) is 0. The lowest BCUT2D eigenvalue weighted by Crippen LogP contribution is -2.02. The monoisotopic (exact) mass is 242 g/mol. The fourth-order valence-corrected chi connectivity index (χ4v) is 1.67. The Morgan fingerprint density at radius 2 is 1.82 bits per heavy atom. The van der Waals surface area contributed by atoms with E-state index in [0.29, 0.717) is 17.7 Å². The fraction of sp³-hybridized carbons (Fsp3) is 0.417. The summed E-state index contributed by atoms with van der Waals surface area (Å²) in [7, 11) is 4.25. The summed E-state index contributed by atoms with van der Waals surface area (Å²) in [6.07, 6.45) is 1.36. The molecule has 0 unspecified atom stereocenters. The van der Waals surface area contributed by atoms with Crippen LogP contribution in [0.15, 0.2) is 6.07 Å². The van der Waals surface area contributed by atoms with Gasteiger partial charge in [0.05, 0.1) is 21.3 Å². The summed E-state index contributed by atoms with van der Waals surface area (Å²) in [5, 5.41) is 0. The number of aldehydes is 1. The minimum atomic E-state index is -0.536. The van der Waals surface area contributed by atoms with E-state index in [1.54, 1.807) is 0 Å². The molecule has 0 amide bonds. The van der Waals surface area contributed by atoms with Crippen LogP contribution in [0.25, 0.3) is 0 Å². The maximum Gasteiger partial charge on any atom is 0.169 e. The van der Waals surface area contributed by atoms with E-state index in [2.05, 4.69) is 0 Å². The first-order valence-corrected chi connectivity index (χ1v) is 5.10. The summed E-state index contributed by atoms with van der Waals surface area (Å²) in [5.74, 6) is 0.231. The van der Waals surface area contributed by atoms with Crippen molar-refractivity contribution in [1.82, 2.24) is 0 Å². The zero-order valence-electron chi connectivity index (χ0n) is 10.1. The molecule has 0 aliphatic heterocycles. The van der Waals surface area contributed by atoms with Crippen molar-refractivity contribution in [3.63, 3.8) is 0 Å². The van der Waals surface area contributed by atoms with Crippen LogP contribution in [0.3, 0.4) is 0 Å². The van der Waals surface area contributed by atoms with Gasteiger partial charge in [-0.25, -0.2) is 4.39 Å². The minimum absolute atomic E-state index is 0.0875. The largest absolute Gasteiger partial charge is 0.493 e. The van der Waals surface area contributed by atoms with Gasteiger partial charge >= 0.3 is 0 Å². The molecular formula is C12H15FO4. The molecule has 5 heteroatoms. The van der Waals surface area contributed by atoms with Crippen molar-refractivity contribution in [3.8, 4) is 17.2 Å². The third kappa shape index (κ3) is 2.67. The second-order valence-corrected chi connectivity index (χ2v) is 3.31. The Balaban J connectivity index is 3.35. The molecular weight excluding hydrogens is 227 g/mol. The van der Waals surface area contributed by atoms with Crippen LogP contribution in [0.1, 0.15) is 12.0 Å². The number of rotatable bonds is 6. The Kier molecular flexibility index (Phi) is 4.75. The molecule has 17 heavy (non-hydrogen) atoms. The van der Waals surface area contributed by atoms with E-state index in [1.165, 1.54) is 27.4 Å². The van der Waals surface area contributed by atoms with Gasteiger partial charge in [0.15, 0.2) is 23.1 Å². The quantitative estimate of drug-likeness (QED) is 0.715. The van der Waals surface area contributed by atoms with Gasteiger partial charge < -0.3 is 19.0 Å². The van der Waals surface area contributed by atoms with E-state index in [9.17, 15) is 9.18 Å².